The maximum Gasteiger partial charge on any atom is 0.336 e. The number of halogens is 2. The molecule has 1 aromatic rings. The lowest BCUT2D eigenvalue weighted by Gasteiger charge is -2.03. The zero-order valence-electron chi connectivity index (χ0n) is 5.84. The fraction of sp³-hybridized carbons (Fsp3) is 0. The Kier molecular flexibility index (Phi) is 2.79. The van der Waals surface area contributed by atoms with Gasteiger partial charge in [0.25, 0.3) is 0 Å². The lowest BCUT2D eigenvalue weighted by atomic mass is 10.2. The van der Waals surface area contributed by atoms with Crippen molar-refractivity contribution in [3.63, 3.8) is 0 Å². The van der Waals surface area contributed by atoms with E-state index in [1.165, 1.54) is 12.1 Å². The van der Waals surface area contributed by atoms with Gasteiger partial charge in [-0.2, -0.15) is 0 Å². The molecule has 64 valence electrons. The Labute approximate surface area is 87.7 Å². The van der Waals surface area contributed by atoms with Gasteiger partial charge in [0.1, 0.15) is 0 Å². The number of benzene rings is 1. The van der Waals surface area contributed by atoms with E-state index in [4.69, 9.17) is 22.4 Å². The van der Waals surface area contributed by atoms with Crippen LogP contribution in [0.4, 0.5) is 5.69 Å². The third kappa shape index (κ3) is 1.64. The van der Waals surface area contributed by atoms with E-state index in [9.17, 15) is 4.79 Å². The van der Waals surface area contributed by atoms with Crippen LogP contribution in [-0.2, 0) is 0 Å². The summed E-state index contributed by atoms with van der Waals surface area (Å²) in [5.74, 6) is -0.999. The molecule has 0 heterocycles. The first-order valence-electron chi connectivity index (χ1n) is 3.01. The van der Waals surface area contributed by atoms with Gasteiger partial charge in [-0.1, -0.05) is 11.6 Å². The minimum absolute atomic E-state index is 0.176. The summed E-state index contributed by atoms with van der Waals surface area (Å²) >= 11 is 7.58. The number of carboxylic acids is 1. The maximum atomic E-state index is 10.6. The summed E-state index contributed by atoms with van der Waals surface area (Å²) in [6, 6.07) is 2.92. The van der Waals surface area contributed by atoms with E-state index in [-0.39, 0.29) is 5.56 Å². The van der Waals surface area contributed by atoms with Gasteiger partial charge in [-0.25, -0.2) is 4.79 Å². The van der Waals surface area contributed by atoms with Crippen LogP contribution in [0.25, 0.3) is 0 Å². The number of aromatic carboxylic acids is 1. The van der Waals surface area contributed by atoms with Crippen LogP contribution in [0.1, 0.15) is 10.4 Å². The van der Waals surface area contributed by atoms with Gasteiger partial charge in [0.15, 0.2) is 0 Å². The molecule has 5 heteroatoms. The van der Waals surface area contributed by atoms with Crippen molar-refractivity contribution in [2.75, 3.05) is 5.73 Å². The van der Waals surface area contributed by atoms with Crippen LogP contribution in [-0.4, -0.2) is 11.1 Å². The van der Waals surface area contributed by atoms with Crippen molar-refractivity contribution in [1.29, 1.82) is 0 Å². The molecular formula is C7H5ClINO2. The smallest absolute Gasteiger partial charge is 0.336 e. The second kappa shape index (κ2) is 3.49. The van der Waals surface area contributed by atoms with Crippen molar-refractivity contribution in [3.8, 4) is 0 Å². The quantitative estimate of drug-likeness (QED) is 0.617. The fourth-order valence-corrected chi connectivity index (χ4v) is 1.62. The van der Waals surface area contributed by atoms with Crippen LogP contribution in [0, 0.1) is 3.57 Å². The van der Waals surface area contributed by atoms with Gasteiger partial charge >= 0.3 is 5.97 Å². The summed E-state index contributed by atoms with van der Waals surface area (Å²) in [5, 5.41) is 8.98. The van der Waals surface area contributed by atoms with E-state index in [0.29, 0.717) is 14.3 Å². The molecule has 0 aliphatic carbocycles. The van der Waals surface area contributed by atoms with Crippen molar-refractivity contribution in [2.24, 2.45) is 0 Å². The maximum absolute atomic E-state index is 10.6. The molecule has 1 aromatic carbocycles. The summed E-state index contributed by atoms with van der Waals surface area (Å²) < 4.78 is 0.474. The fourth-order valence-electron chi connectivity index (χ4n) is 0.730. The summed E-state index contributed by atoms with van der Waals surface area (Å²) in [4.78, 5) is 10.6. The van der Waals surface area contributed by atoms with Gasteiger partial charge in [0, 0.05) is 3.57 Å². The van der Waals surface area contributed by atoms with E-state index in [1.807, 2.05) is 22.6 Å². The number of nitrogen functional groups attached to an aromatic ring is 1. The molecule has 0 aromatic heterocycles. The topological polar surface area (TPSA) is 63.3 Å². The number of hydrogen-bond donors (Lipinski definition) is 2. The van der Waals surface area contributed by atoms with Crippen LogP contribution < -0.4 is 5.73 Å². The molecule has 0 fully saturated rings. The molecule has 3 N–H and O–H groups in total. The molecule has 0 aliphatic rings. The van der Waals surface area contributed by atoms with Crippen LogP contribution >= 0.6 is 34.2 Å². The molecule has 0 amide bonds. The van der Waals surface area contributed by atoms with Gasteiger partial charge in [0.2, 0.25) is 0 Å². The Hall–Kier alpha value is -0.490. The predicted octanol–water partition coefficient (Wildman–Crippen LogP) is 2.23. The molecule has 0 unspecified atom stereocenters. The van der Waals surface area contributed by atoms with Crippen molar-refractivity contribution in [2.45, 2.75) is 0 Å². The number of nitrogens with two attached hydrogens (primary N) is 1. The van der Waals surface area contributed by atoms with Gasteiger partial charge in [-0.3, -0.25) is 0 Å². The average Bonchev–Trinajstić information content (AvgIpc) is 2.00. The summed E-state index contributed by atoms with van der Waals surface area (Å²) in [5.41, 5.74) is 6.03. The normalized spacial score (nSPS) is 9.83. The van der Waals surface area contributed by atoms with Crippen LogP contribution in [0.3, 0.4) is 0 Å². The Morgan fingerprint density at radius 1 is 1.58 bits per heavy atom. The molecule has 0 saturated heterocycles. The number of carboxylic acid groups (broad SMARTS) is 1. The summed E-state index contributed by atoms with van der Waals surface area (Å²) in [6.45, 7) is 0. The molecule has 12 heavy (non-hydrogen) atoms. The molecule has 0 saturated carbocycles. The minimum atomic E-state index is -0.999. The number of anilines is 1. The van der Waals surface area contributed by atoms with Crippen LogP contribution in [0.15, 0.2) is 12.1 Å². The largest absolute Gasteiger partial charge is 0.478 e. The van der Waals surface area contributed by atoms with Gasteiger partial charge in [0.05, 0.1) is 16.3 Å². The predicted molar refractivity (Wildman–Crippen MR) is 55.5 cm³/mol. The highest BCUT2D eigenvalue weighted by atomic mass is 127. The van der Waals surface area contributed by atoms with Crippen LogP contribution in [0.2, 0.25) is 5.02 Å². The van der Waals surface area contributed by atoms with E-state index in [1.54, 1.807) is 0 Å². The number of rotatable bonds is 1. The van der Waals surface area contributed by atoms with Crippen molar-refractivity contribution >= 4 is 45.8 Å². The third-order valence-electron chi connectivity index (χ3n) is 1.34. The molecule has 0 atom stereocenters. The first-order valence-corrected chi connectivity index (χ1v) is 4.46. The second-order valence-electron chi connectivity index (χ2n) is 2.14. The van der Waals surface area contributed by atoms with Crippen LogP contribution in [0.5, 0.6) is 0 Å². The highest BCUT2D eigenvalue weighted by Crippen LogP contribution is 2.27. The molecule has 0 radical (unpaired) electrons. The SMILES string of the molecule is Nc1ccc(C(=O)O)c(I)c1Cl. The molecule has 0 spiro atoms. The number of carbonyl (C=O) groups is 1. The highest BCUT2D eigenvalue weighted by molar-refractivity contribution is 14.1. The van der Waals surface area contributed by atoms with E-state index in [2.05, 4.69) is 0 Å². The second-order valence-corrected chi connectivity index (χ2v) is 3.59. The molecule has 0 bridgehead atoms. The zero-order chi connectivity index (χ0) is 9.30. The molecule has 1 rings (SSSR count). The zero-order valence-corrected chi connectivity index (χ0v) is 8.76. The van der Waals surface area contributed by atoms with Gasteiger partial charge in [-0.05, 0) is 34.7 Å². The van der Waals surface area contributed by atoms with Crippen molar-refractivity contribution in [3.05, 3.63) is 26.3 Å². The van der Waals surface area contributed by atoms with Gasteiger partial charge in [-0.15, -0.1) is 0 Å². The Bertz CT molecular complexity index is 340. The Morgan fingerprint density at radius 3 is 2.67 bits per heavy atom. The molecule has 0 aliphatic heterocycles. The molecular weight excluding hydrogens is 292 g/mol. The van der Waals surface area contributed by atoms with E-state index in [0.717, 1.165) is 0 Å². The Balaban J connectivity index is 3.36. The minimum Gasteiger partial charge on any atom is -0.478 e. The van der Waals surface area contributed by atoms with Gasteiger partial charge < -0.3 is 10.8 Å². The third-order valence-corrected chi connectivity index (χ3v) is 3.19. The lowest BCUT2D eigenvalue weighted by Crippen LogP contribution is -2.01. The molecule has 3 nitrogen and oxygen atoms in total. The average molecular weight is 297 g/mol. The van der Waals surface area contributed by atoms with E-state index >= 15 is 0 Å². The summed E-state index contributed by atoms with van der Waals surface area (Å²) in [7, 11) is 0. The van der Waals surface area contributed by atoms with Crippen molar-refractivity contribution < 1.29 is 9.90 Å². The Morgan fingerprint density at radius 2 is 2.17 bits per heavy atom. The standard InChI is InChI=1S/C7H5ClINO2/c8-5-4(10)2-1-3(6(5)9)7(11)12/h1-2H,10H2,(H,11,12). The number of hydrogen-bond acceptors (Lipinski definition) is 2. The summed E-state index contributed by atoms with van der Waals surface area (Å²) in [6.07, 6.45) is 0. The highest BCUT2D eigenvalue weighted by Gasteiger charge is 2.12. The first-order chi connectivity index (χ1) is 5.54. The first kappa shape index (κ1) is 9.60. The van der Waals surface area contributed by atoms with Crippen molar-refractivity contribution in [1.82, 2.24) is 0 Å². The van der Waals surface area contributed by atoms with E-state index < -0.39 is 5.97 Å². The monoisotopic (exact) mass is 297 g/mol. The lowest BCUT2D eigenvalue weighted by molar-refractivity contribution is 0.0696.